The molecule has 0 saturated heterocycles. The third kappa shape index (κ3) is 2.45. The highest BCUT2D eigenvalue weighted by Gasteiger charge is 2.21. The summed E-state index contributed by atoms with van der Waals surface area (Å²) in [7, 11) is 0. The predicted molar refractivity (Wildman–Crippen MR) is 83.3 cm³/mol. The van der Waals surface area contributed by atoms with Gasteiger partial charge in [0.2, 0.25) is 0 Å². The molecule has 106 valence electrons. The van der Waals surface area contributed by atoms with Crippen LogP contribution in [-0.4, -0.2) is 22.7 Å². The average molecular weight is 270 g/mol. The summed E-state index contributed by atoms with van der Waals surface area (Å²) in [6, 6.07) is 10.3. The van der Waals surface area contributed by atoms with E-state index in [2.05, 4.69) is 24.0 Å². The summed E-state index contributed by atoms with van der Waals surface area (Å²) in [6.45, 7) is 3.15. The molecule has 1 aromatic carbocycles. The Morgan fingerprint density at radius 2 is 1.95 bits per heavy atom. The van der Waals surface area contributed by atoms with Crippen molar-refractivity contribution >= 4 is 16.7 Å². The van der Waals surface area contributed by atoms with Gasteiger partial charge in [0.15, 0.2) is 0 Å². The number of para-hydroxylation sites is 1. The molecular weight excluding hydrogens is 248 g/mol. The van der Waals surface area contributed by atoms with E-state index in [0.717, 1.165) is 17.7 Å². The maximum absolute atomic E-state index is 9.98. The number of nitrogens with zero attached hydrogens (tertiary/aromatic N) is 2. The Labute approximate surface area is 120 Å². The second-order valence-electron chi connectivity index (χ2n) is 5.60. The maximum atomic E-state index is 9.98. The van der Waals surface area contributed by atoms with Gasteiger partial charge in [0.05, 0.1) is 0 Å². The predicted octanol–water partition coefficient (Wildman–Crippen LogP) is 4.10. The lowest BCUT2D eigenvalue weighted by Crippen LogP contribution is -2.37. The third-order valence-corrected chi connectivity index (χ3v) is 4.33. The van der Waals surface area contributed by atoms with Gasteiger partial charge < -0.3 is 10.0 Å². The third-order valence-electron chi connectivity index (χ3n) is 4.33. The molecule has 3 rings (SSSR count). The Balaban J connectivity index is 1.96. The fourth-order valence-corrected chi connectivity index (χ4v) is 3.28. The number of phenolic OH excluding ortho intramolecular Hbond substituents is 1. The van der Waals surface area contributed by atoms with Crippen LogP contribution in [0.3, 0.4) is 0 Å². The fraction of sp³-hybridized carbons (Fsp3) is 0.471. The number of phenols is 1. The Morgan fingerprint density at radius 3 is 2.70 bits per heavy atom. The molecule has 1 aliphatic rings. The summed E-state index contributed by atoms with van der Waals surface area (Å²) >= 11 is 0. The average Bonchev–Trinajstić information content (AvgIpc) is 2.50. The first-order valence-corrected chi connectivity index (χ1v) is 7.65. The summed E-state index contributed by atoms with van der Waals surface area (Å²) < 4.78 is 0. The number of anilines is 1. The van der Waals surface area contributed by atoms with Crippen LogP contribution in [0.1, 0.15) is 39.0 Å². The van der Waals surface area contributed by atoms with Crippen molar-refractivity contribution in [3.63, 3.8) is 0 Å². The summed E-state index contributed by atoms with van der Waals surface area (Å²) in [4.78, 5) is 7.09. The molecule has 0 atom stereocenters. The van der Waals surface area contributed by atoms with Crippen LogP contribution in [-0.2, 0) is 0 Å². The van der Waals surface area contributed by atoms with Crippen LogP contribution in [0.2, 0.25) is 0 Å². The number of pyridine rings is 1. The molecule has 1 N–H and O–H groups in total. The minimum Gasteiger partial charge on any atom is -0.506 e. The molecule has 1 saturated carbocycles. The zero-order chi connectivity index (χ0) is 13.9. The van der Waals surface area contributed by atoms with Crippen molar-refractivity contribution in [2.24, 2.45) is 0 Å². The van der Waals surface area contributed by atoms with E-state index in [9.17, 15) is 5.11 Å². The Bertz CT molecular complexity index is 591. The highest BCUT2D eigenvalue weighted by atomic mass is 16.3. The standard InChI is InChI=1S/C17H22N2O/c1-2-19(14-8-4-3-5-9-14)16-12-11-13-7-6-10-15(20)17(13)18-16/h6-7,10-12,14,20H,2-5,8-9H2,1H3. The van der Waals surface area contributed by atoms with Crippen LogP contribution in [0.4, 0.5) is 5.82 Å². The molecule has 20 heavy (non-hydrogen) atoms. The van der Waals surface area contributed by atoms with Crippen molar-refractivity contribution in [1.29, 1.82) is 0 Å². The van der Waals surface area contributed by atoms with Crippen LogP contribution in [0.15, 0.2) is 30.3 Å². The SMILES string of the molecule is CCN(c1ccc2cccc(O)c2n1)C1CCCCC1. The largest absolute Gasteiger partial charge is 0.506 e. The van der Waals surface area contributed by atoms with Gasteiger partial charge in [0, 0.05) is 18.0 Å². The van der Waals surface area contributed by atoms with Gasteiger partial charge in [-0.3, -0.25) is 0 Å². The highest BCUT2D eigenvalue weighted by Crippen LogP contribution is 2.29. The molecule has 3 heteroatoms. The van der Waals surface area contributed by atoms with Gasteiger partial charge in [-0.25, -0.2) is 4.98 Å². The van der Waals surface area contributed by atoms with Crippen LogP contribution >= 0.6 is 0 Å². The van der Waals surface area contributed by atoms with Crippen LogP contribution in [0.25, 0.3) is 10.9 Å². The van der Waals surface area contributed by atoms with Crippen molar-refractivity contribution in [3.05, 3.63) is 30.3 Å². The van der Waals surface area contributed by atoms with Gasteiger partial charge in [-0.05, 0) is 38.0 Å². The number of aromatic hydroxyl groups is 1. The number of fused-ring (bicyclic) bond motifs is 1. The van der Waals surface area contributed by atoms with Gasteiger partial charge in [-0.2, -0.15) is 0 Å². The number of hydrogen-bond acceptors (Lipinski definition) is 3. The first-order valence-electron chi connectivity index (χ1n) is 7.65. The van der Waals surface area contributed by atoms with Gasteiger partial charge in [0.25, 0.3) is 0 Å². The molecule has 1 aromatic heterocycles. The van der Waals surface area contributed by atoms with Crippen molar-refractivity contribution in [2.45, 2.75) is 45.1 Å². The zero-order valence-electron chi connectivity index (χ0n) is 12.0. The molecule has 0 amide bonds. The molecule has 0 spiro atoms. The highest BCUT2D eigenvalue weighted by molar-refractivity contribution is 5.85. The zero-order valence-corrected chi connectivity index (χ0v) is 12.0. The molecular formula is C17H22N2O. The summed E-state index contributed by atoms with van der Waals surface area (Å²) in [5.41, 5.74) is 0.708. The number of benzene rings is 1. The molecule has 0 aliphatic heterocycles. The monoisotopic (exact) mass is 270 g/mol. The first-order chi connectivity index (χ1) is 9.79. The van der Waals surface area contributed by atoms with Crippen molar-refractivity contribution in [2.75, 3.05) is 11.4 Å². The summed E-state index contributed by atoms with van der Waals surface area (Å²) in [5, 5.41) is 11.0. The van der Waals surface area contributed by atoms with Crippen molar-refractivity contribution < 1.29 is 5.11 Å². The maximum Gasteiger partial charge on any atom is 0.141 e. The lowest BCUT2D eigenvalue weighted by molar-refractivity contribution is 0.416. The molecule has 1 heterocycles. The van der Waals surface area contributed by atoms with E-state index < -0.39 is 0 Å². The van der Waals surface area contributed by atoms with Gasteiger partial charge in [0.1, 0.15) is 17.1 Å². The molecule has 3 nitrogen and oxygen atoms in total. The lowest BCUT2D eigenvalue weighted by Gasteiger charge is -2.34. The second kappa shape index (κ2) is 5.70. The second-order valence-corrected chi connectivity index (χ2v) is 5.60. The van der Waals surface area contributed by atoms with E-state index in [4.69, 9.17) is 4.98 Å². The van der Waals surface area contributed by atoms with E-state index >= 15 is 0 Å². The van der Waals surface area contributed by atoms with Gasteiger partial charge in [-0.15, -0.1) is 0 Å². The quantitative estimate of drug-likeness (QED) is 0.912. The molecule has 2 aromatic rings. The minimum absolute atomic E-state index is 0.268. The van der Waals surface area contributed by atoms with E-state index in [1.54, 1.807) is 6.07 Å². The van der Waals surface area contributed by atoms with E-state index in [-0.39, 0.29) is 5.75 Å². The van der Waals surface area contributed by atoms with Crippen LogP contribution < -0.4 is 4.90 Å². The molecule has 0 radical (unpaired) electrons. The first kappa shape index (κ1) is 13.2. The van der Waals surface area contributed by atoms with E-state index in [1.807, 2.05) is 12.1 Å². The minimum atomic E-state index is 0.268. The molecule has 0 unspecified atom stereocenters. The Kier molecular flexibility index (Phi) is 3.77. The van der Waals surface area contributed by atoms with Gasteiger partial charge in [-0.1, -0.05) is 31.4 Å². The topological polar surface area (TPSA) is 36.4 Å². The van der Waals surface area contributed by atoms with Crippen LogP contribution in [0.5, 0.6) is 5.75 Å². The summed E-state index contributed by atoms with van der Waals surface area (Å²) in [5.74, 6) is 1.26. The number of aromatic nitrogens is 1. The van der Waals surface area contributed by atoms with Crippen molar-refractivity contribution in [1.82, 2.24) is 4.98 Å². The van der Waals surface area contributed by atoms with E-state index in [1.165, 1.54) is 32.1 Å². The van der Waals surface area contributed by atoms with Gasteiger partial charge >= 0.3 is 0 Å². The van der Waals surface area contributed by atoms with Crippen molar-refractivity contribution in [3.8, 4) is 5.75 Å². The molecule has 0 bridgehead atoms. The smallest absolute Gasteiger partial charge is 0.141 e. The Hall–Kier alpha value is -1.77. The number of hydrogen-bond donors (Lipinski definition) is 1. The molecule has 1 aliphatic carbocycles. The fourth-order valence-electron chi connectivity index (χ4n) is 3.28. The Morgan fingerprint density at radius 1 is 1.15 bits per heavy atom. The lowest BCUT2D eigenvalue weighted by atomic mass is 9.94. The summed E-state index contributed by atoms with van der Waals surface area (Å²) in [6.07, 6.45) is 6.52. The van der Waals surface area contributed by atoms with E-state index in [0.29, 0.717) is 11.6 Å². The van der Waals surface area contributed by atoms with Crippen LogP contribution in [0, 0.1) is 0 Å². The number of rotatable bonds is 3. The molecule has 1 fully saturated rings. The normalized spacial score (nSPS) is 16.4.